The highest BCUT2D eigenvalue weighted by Gasteiger charge is 2.25. The van der Waals surface area contributed by atoms with Crippen LogP contribution in [0.3, 0.4) is 0 Å². The Bertz CT molecular complexity index is 2890. The highest BCUT2D eigenvalue weighted by molar-refractivity contribution is 7.27. The maximum Gasteiger partial charge on any atom is 0.247 e. The third kappa shape index (κ3) is 3.42. The summed E-state index contributed by atoms with van der Waals surface area (Å²) in [5, 5.41) is 11.1. The van der Waals surface area contributed by atoms with Crippen LogP contribution in [-0.4, -0.2) is 14.5 Å². The van der Waals surface area contributed by atoms with Gasteiger partial charge in [-0.1, -0.05) is 79.2 Å². The van der Waals surface area contributed by atoms with Crippen molar-refractivity contribution in [2.45, 2.75) is 20.3 Å². The molecule has 4 aromatic heterocycles. The van der Waals surface area contributed by atoms with Crippen LogP contribution in [0.4, 0.5) is 0 Å². The van der Waals surface area contributed by atoms with E-state index in [1.54, 1.807) is 0 Å². The third-order valence-electron chi connectivity index (χ3n) is 9.29. The predicted octanol–water partition coefficient (Wildman–Crippen LogP) is 11.7. The van der Waals surface area contributed by atoms with Crippen LogP contribution in [0.5, 0.6) is 0 Å². The molecule has 0 amide bonds. The molecule has 10 aromatic rings. The van der Waals surface area contributed by atoms with Crippen LogP contribution in [0.15, 0.2) is 101 Å². The maximum atomic E-state index is 7.08. The lowest BCUT2D eigenvalue weighted by atomic mass is 9.97. The molecular formula is C39H24ClN3OS. The van der Waals surface area contributed by atoms with Gasteiger partial charge in [0.1, 0.15) is 11.1 Å². The predicted molar refractivity (Wildman–Crippen MR) is 191 cm³/mol. The summed E-state index contributed by atoms with van der Waals surface area (Å²) in [4.78, 5) is 10.0. The number of thiophene rings is 1. The first kappa shape index (κ1) is 25.4. The van der Waals surface area contributed by atoms with Crippen molar-refractivity contribution in [1.29, 1.82) is 0 Å². The van der Waals surface area contributed by atoms with Gasteiger partial charge >= 0.3 is 0 Å². The van der Waals surface area contributed by atoms with Crippen molar-refractivity contribution in [3.63, 3.8) is 0 Å². The number of benzene rings is 6. The van der Waals surface area contributed by atoms with Gasteiger partial charge in [-0.25, -0.2) is 4.98 Å². The Hall–Kier alpha value is -4.97. The molecule has 0 spiro atoms. The molecule has 0 aliphatic rings. The molecule has 6 aromatic carbocycles. The number of rotatable bonds is 2. The smallest absolute Gasteiger partial charge is 0.247 e. The van der Waals surface area contributed by atoms with Crippen molar-refractivity contribution < 1.29 is 4.42 Å². The topological polar surface area (TPSA) is 43.9 Å². The fourth-order valence-corrected chi connectivity index (χ4v) is 8.69. The third-order valence-corrected chi connectivity index (χ3v) is 10.7. The Morgan fingerprint density at radius 3 is 2.36 bits per heavy atom. The van der Waals surface area contributed by atoms with Crippen LogP contribution in [0.1, 0.15) is 18.1 Å². The van der Waals surface area contributed by atoms with Crippen LogP contribution in [0.25, 0.3) is 91.5 Å². The number of halogens is 1. The molecule has 0 atom stereocenters. The van der Waals surface area contributed by atoms with Crippen LogP contribution >= 0.6 is 22.9 Å². The minimum absolute atomic E-state index is 0.310. The van der Waals surface area contributed by atoms with Crippen molar-refractivity contribution >= 4 is 109 Å². The minimum Gasteiger partial charge on any atom is -0.436 e. The van der Waals surface area contributed by atoms with Gasteiger partial charge in [-0.05, 0) is 82.4 Å². The average Bonchev–Trinajstić information content (AvgIpc) is 3.71. The number of nitrogens with zero attached hydrogens (tertiary/aromatic N) is 3. The van der Waals surface area contributed by atoms with Crippen molar-refractivity contribution in [3.05, 3.63) is 113 Å². The monoisotopic (exact) mass is 617 g/mol. The molecule has 4 nitrogen and oxygen atoms in total. The highest BCUT2D eigenvalue weighted by atomic mass is 35.5. The molecule has 0 N–H and O–H groups in total. The molecule has 0 aliphatic heterocycles. The first-order chi connectivity index (χ1) is 22.1. The SMILES string of the molecule is CCc1ccc2c(c1)c1c3ccccc3c3c4cc5ccccc5cc4sc3c1n2-c1nc2c(nc1Cl)oc1cc(C)ccc12. The van der Waals surface area contributed by atoms with Gasteiger partial charge in [-0.2, -0.15) is 4.98 Å². The summed E-state index contributed by atoms with van der Waals surface area (Å²) in [7, 11) is 0. The zero-order valence-electron chi connectivity index (χ0n) is 24.5. The molecule has 45 heavy (non-hydrogen) atoms. The van der Waals surface area contributed by atoms with Gasteiger partial charge in [0, 0.05) is 31.6 Å². The largest absolute Gasteiger partial charge is 0.436 e. The van der Waals surface area contributed by atoms with Gasteiger partial charge < -0.3 is 4.42 Å². The number of hydrogen-bond donors (Lipinski definition) is 0. The van der Waals surface area contributed by atoms with E-state index in [0.717, 1.165) is 34.0 Å². The fraction of sp³-hybridized carbons (Fsp3) is 0.0769. The molecule has 0 radical (unpaired) electrons. The summed E-state index contributed by atoms with van der Waals surface area (Å²) in [6, 6.07) is 35.0. The van der Waals surface area contributed by atoms with Gasteiger partial charge in [-0.15, -0.1) is 11.3 Å². The van der Waals surface area contributed by atoms with E-state index in [0.29, 0.717) is 22.2 Å². The van der Waals surface area contributed by atoms with E-state index in [-0.39, 0.29) is 0 Å². The van der Waals surface area contributed by atoms with E-state index < -0.39 is 0 Å². The quantitative estimate of drug-likeness (QED) is 0.194. The van der Waals surface area contributed by atoms with Crippen LogP contribution < -0.4 is 0 Å². The summed E-state index contributed by atoms with van der Waals surface area (Å²) >= 11 is 8.92. The number of aromatic nitrogens is 3. The molecular weight excluding hydrogens is 594 g/mol. The summed E-state index contributed by atoms with van der Waals surface area (Å²) < 4.78 is 10.9. The second kappa shape index (κ2) is 9.04. The standard InChI is InChI=1S/C39H24ClN3OS/c1-3-21-13-15-29-27(17-21)32-24-10-6-7-11-25(24)33-28-18-22-8-4-5-9-23(22)19-31(28)45-36(33)35(32)43(29)38-37(40)42-39-34(41-38)26-14-12-20(2)16-30(26)44-39/h4-19H,3H2,1-2H3. The van der Waals surface area contributed by atoms with Crippen molar-refractivity contribution in [1.82, 2.24) is 14.5 Å². The van der Waals surface area contributed by atoms with Gasteiger partial charge in [0.25, 0.3) is 0 Å². The zero-order chi connectivity index (χ0) is 30.0. The van der Waals surface area contributed by atoms with E-state index in [2.05, 4.69) is 109 Å². The van der Waals surface area contributed by atoms with E-state index >= 15 is 0 Å². The second-order valence-electron chi connectivity index (χ2n) is 11.9. The Kier molecular flexibility index (Phi) is 5.09. The Morgan fingerprint density at radius 2 is 1.53 bits per heavy atom. The summed E-state index contributed by atoms with van der Waals surface area (Å²) in [5.74, 6) is 0.607. The molecule has 0 aliphatic carbocycles. The normalized spacial score (nSPS) is 12.4. The number of aryl methyl sites for hydroxylation is 2. The summed E-state index contributed by atoms with van der Waals surface area (Å²) in [5.41, 5.74) is 6.49. The van der Waals surface area contributed by atoms with Gasteiger partial charge in [-0.3, -0.25) is 4.57 Å². The van der Waals surface area contributed by atoms with Gasteiger partial charge in [0.15, 0.2) is 11.0 Å². The second-order valence-corrected chi connectivity index (χ2v) is 13.3. The minimum atomic E-state index is 0.310. The molecule has 0 saturated carbocycles. The Morgan fingerprint density at radius 1 is 0.756 bits per heavy atom. The van der Waals surface area contributed by atoms with Gasteiger partial charge in [0.05, 0.1) is 15.7 Å². The highest BCUT2D eigenvalue weighted by Crippen LogP contribution is 2.49. The van der Waals surface area contributed by atoms with E-state index in [1.165, 1.54) is 58.1 Å². The van der Waals surface area contributed by atoms with E-state index in [1.807, 2.05) is 17.4 Å². The van der Waals surface area contributed by atoms with E-state index in [9.17, 15) is 0 Å². The molecule has 214 valence electrons. The van der Waals surface area contributed by atoms with Crippen LogP contribution in [0.2, 0.25) is 5.15 Å². The first-order valence-electron chi connectivity index (χ1n) is 15.2. The molecule has 10 rings (SSSR count). The molecule has 4 heterocycles. The number of furan rings is 1. The molecule has 0 saturated heterocycles. The lowest BCUT2D eigenvalue weighted by Gasteiger charge is -2.10. The van der Waals surface area contributed by atoms with Crippen molar-refractivity contribution in [2.24, 2.45) is 0 Å². The Labute approximate surface area is 266 Å². The lowest BCUT2D eigenvalue weighted by molar-refractivity contribution is 0.652. The zero-order valence-corrected chi connectivity index (χ0v) is 26.1. The first-order valence-corrected chi connectivity index (χ1v) is 16.4. The van der Waals surface area contributed by atoms with Crippen LogP contribution in [-0.2, 0) is 6.42 Å². The number of fused-ring (bicyclic) bond motifs is 14. The lowest BCUT2D eigenvalue weighted by Crippen LogP contribution is -2.01. The van der Waals surface area contributed by atoms with Crippen molar-refractivity contribution in [3.8, 4) is 5.82 Å². The van der Waals surface area contributed by atoms with Crippen LogP contribution in [0, 0.1) is 6.92 Å². The molecule has 0 fully saturated rings. The maximum absolute atomic E-state index is 7.08. The van der Waals surface area contributed by atoms with E-state index in [4.69, 9.17) is 26.0 Å². The average molecular weight is 618 g/mol. The molecule has 0 unspecified atom stereocenters. The summed E-state index contributed by atoms with van der Waals surface area (Å²) in [6.45, 7) is 4.26. The van der Waals surface area contributed by atoms with Gasteiger partial charge in [0.2, 0.25) is 5.71 Å². The Balaban J connectivity index is 1.46. The van der Waals surface area contributed by atoms with Crippen molar-refractivity contribution in [2.75, 3.05) is 0 Å². The molecule has 6 heteroatoms. The summed E-state index contributed by atoms with van der Waals surface area (Å²) in [6.07, 6.45) is 0.950. The fourth-order valence-electron chi connectivity index (χ4n) is 7.20. The molecule has 0 bridgehead atoms. The number of hydrogen-bond acceptors (Lipinski definition) is 4.